The number of benzene rings is 1. The van der Waals surface area contributed by atoms with Crippen LogP contribution in [0.4, 0.5) is 4.39 Å². The van der Waals surface area contributed by atoms with Crippen LogP contribution in [0.2, 0.25) is 0 Å². The largest absolute Gasteiger partial charge is 0.508 e. The van der Waals surface area contributed by atoms with E-state index in [2.05, 4.69) is 0 Å². The van der Waals surface area contributed by atoms with E-state index in [0.717, 1.165) is 0 Å². The average molecular weight is 198 g/mol. The van der Waals surface area contributed by atoms with Crippen molar-refractivity contribution in [3.05, 3.63) is 29.1 Å². The molecule has 0 atom stereocenters. The lowest BCUT2D eigenvalue weighted by Gasteiger charge is -2.23. The van der Waals surface area contributed by atoms with E-state index in [1.54, 1.807) is 20.8 Å². The molecule has 1 rings (SSSR count). The Kier molecular flexibility index (Phi) is 2.81. The molecule has 0 saturated carbocycles. The summed E-state index contributed by atoms with van der Waals surface area (Å²) in [4.78, 5) is 0. The first-order valence-electron chi connectivity index (χ1n) is 4.49. The van der Waals surface area contributed by atoms with Crippen molar-refractivity contribution in [1.82, 2.24) is 0 Å². The molecule has 0 aliphatic heterocycles. The van der Waals surface area contributed by atoms with Crippen LogP contribution in [0.5, 0.6) is 5.75 Å². The van der Waals surface area contributed by atoms with E-state index >= 15 is 0 Å². The number of aliphatic hydroxyl groups is 1. The normalized spacial score (nSPS) is 11.8. The third-order valence-corrected chi connectivity index (χ3v) is 2.40. The zero-order valence-corrected chi connectivity index (χ0v) is 8.63. The molecule has 0 bridgehead atoms. The molecule has 1 aromatic carbocycles. The minimum atomic E-state index is -0.626. The number of aliphatic hydroxyl groups excluding tert-OH is 1. The highest BCUT2D eigenvalue weighted by atomic mass is 19.1. The number of halogens is 1. The molecule has 2 nitrogen and oxygen atoms in total. The van der Waals surface area contributed by atoms with Crippen LogP contribution >= 0.6 is 0 Å². The van der Waals surface area contributed by atoms with Crippen LogP contribution in [0.15, 0.2) is 12.1 Å². The molecule has 2 N–H and O–H groups in total. The van der Waals surface area contributed by atoms with E-state index in [0.29, 0.717) is 11.1 Å². The smallest absolute Gasteiger partial charge is 0.126 e. The fourth-order valence-corrected chi connectivity index (χ4v) is 1.29. The molecule has 0 unspecified atom stereocenters. The minimum absolute atomic E-state index is 0.0305. The summed E-state index contributed by atoms with van der Waals surface area (Å²) in [6, 6.07) is 2.66. The van der Waals surface area contributed by atoms with Gasteiger partial charge in [0.1, 0.15) is 11.6 Å². The molecule has 78 valence electrons. The molecule has 14 heavy (non-hydrogen) atoms. The predicted molar refractivity (Wildman–Crippen MR) is 52.9 cm³/mol. The van der Waals surface area contributed by atoms with E-state index in [-0.39, 0.29) is 18.2 Å². The summed E-state index contributed by atoms with van der Waals surface area (Å²) in [6.45, 7) is 4.95. The third kappa shape index (κ3) is 1.87. The molecule has 0 spiro atoms. The van der Waals surface area contributed by atoms with E-state index < -0.39 is 5.41 Å². The van der Waals surface area contributed by atoms with Crippen LogP contribution in [-0.2, 0) is 5.41 Å². The van der Waals surface area contributed by atoms with Crippen LogP contribution in [0.1, 0.15) is 25.0 Å². The van der Waals surface area contributed by atoms with Crippen molar-refractivity contribution in [2.45, 2.75) is 26.2 Å². The number of hydrogen-bond donors (Lipinski definition) is 2. The highest BCUT2D eigenvalue weighted by Gasteiger charge is 2.24. The standard InChI is InChI=1S/C11H15FO2/c1-7-4-10(14)8(5-9(7)12)11(2,3)6-13/h4-5,13-14H,6H2,1-3H3. The van der Waals surface area contributed by atoms with Gasteiger partial charge in [0.25, 0.3) is 0 Å². The number of hydrogen-bond acceptors (Lipinski definition) is 2. The van der Waals surface area contributed by atoms with Gasteiger partial charge < -0.3 is 10.2 Å². The summed E-state index contributed by atoms with van der Waals surface area (Å²) in [5.74, 6) is -0.331. The SMILES string of the molecule is Cc1cc(O)c(C(C)(C)CO)cc1F. The molecule has 0 heterocycles. The first kappa shape index (κ1) is 11.0. The molecular weight excluding hydrogens is 183 g/mol. The maximum atomic E-state index is 13.2. The van der Waals surface area contributed by atoms with Gasteiger partial charge in [-0.2, -0.15) is 0 Å². The van der Waals surface area contributed by atoms with Crippen molar-refractivity contribution < 1.29 is 14.6 Å². The molecule has 0 fully saturated rings. The monoisotopic (exact) mass is 198 g/mol. The fourth-order valence-electron chi connectivity index (χ4n) is 1.29. The van der Waals surface area contributed by atoms with Gasteiger partial charge in [-0.15, -0.1) is 0 Å². The van der Waals surface area contributed by atoms with Gasteiger partial charge in [-0.25, -0.2) is 4.39 Å². The number of phenols is 1. The summed E-state index contributed by atoms with van der Waals surface area (Å²) < 4.78 is 13.2. The lowest BCUT2D eigenvalue weighted by Crippen LogP contribution is -2.22. The van der Waals surface area contributed by atoms with Crippen LogP contribution in [-0.4, -0.2) is 16.8 Å². The summed E-state index contributed by atoms with van der Waals surface area (Å²) in [7, 11) is 0. The van der Waals surface area contributed by atoms with Crippen molar-refractivity contribution in [1.29, 1.82) is 0 Å². The third-order valence-electron chi connectivity index (χ3n) is 2.40. The Morgan fingerprint density at radius 3 is 2.43 bits per heavy atom. The quantitative estimate of drug-likeness (QED) is 0.764. The first-order chi connectivity index (χ1) is 6.38. The van der Waals surface area contributed by atoms with E-state index in [4.69, 9.17) is 5.11 Å². The Labute approximate surface area is 83.0 Å². The lowest BCUT2D eigenvalue weighted by atomic mass is 9.84. The Morgan fingerprint density at radius 2 is 1.93 bits per heavy atom. The van der Waals surface area contributed by atoms with E-state index in [9.17, 15) is 9.50 Å². The Balaban J connectivity index is 3.29. The summed E-state index contributed by atoms with van der Waals surface area (Å²) in [6.07, 6.45) is 0. The molecule has 1 aromatic rings. The molecular formula is C11H15FO2. The Hall–Kier alpha value is -1.09. The summed E-state index contributed by atoms with van der Waals surface area (Å²) >= 11 is 0. The lowest BCUT2D eigenvalue weighted by molar-refractivity contribution is 0.215. The number of aromatic hydroxyl groups is 1. The summed E-state index contributed by atoms with van der Waals surface area (Å²) in [5, 5.41) is 18.7. The van der Waals surface area contributed by atoms with Crippen molar-refractivity contribution in [2.24, 2.45) is 0 Å². The second-order valence-corrected chi connectivity index (χ2v) is 4.16. The van der Waals surface area contributed by atoms with E-state index in [1.807, 2.05) is 0 Å². The maximum Gasteiger partial charge on any atom is 0.126 e. The fraction of sp³-hybridized carbons (Fsp3) is 0.455. The topological polar surface area (TPSA) is 40.5 Å². The number of aryl methyl sites for hydroxylation is 1. The number of phenolic OH excluding ortho intramolecular Hbond substituents is 1. The minimum Gasteiger partial charge on any atom is -0.508 e. The van der Waals surface area contributed by atoms with Crippen LogP contribution in [0.25, 0.3) is 0 Å². The first-order valence-corrected chi connectivity index (χ1v) is 4.49. The zero-order valence-electron chi connectivity index (χ0n) is 8.63. The second-order valence-electron chi connectivity index (χ2n) is 4.16. The highest BCUT2D eigenvalue weighted by Crippen LogP contribution is 2.32. The maximum absolute atomic E-state index is 13.2. The van der Waals surface area contributed by atoms with Crippen molar-refractivity contribution in [3.63, 3.8) is 0 Å². The van der Waals surface area contributed by atoms with Gasteiger partial charge in [0.15, 0.2) is 0 Å². The average Bonchev–Trinajstić information content (AvgIpc) is 2.11. The van der Waals surface area contributed by atoms with Crippen molar-refractivity contribution in [2.75, 3.05) is 6.61 Å². The number of rotatable bonds is 2. The zero-order chi connectivity index (χ0) is 10.9. The van der Waals surface area contributed by atoms with Crippen LogP contribution in [0.3, 0.4) is 0 Å². The van der Waals surface area contributed by atoms with Crippen LogP contribution < -0.4 is 0 Å². The van der Waals surface area contributed by atoms with E-state index in [1.165, 1.54) is 12.1 Å². The van der Waals surface area contributed by atoms with Gasteiger partial charge in [0, 0.05) is 11.0 Å². The highest BCUT2D eigenvalue weighted by molar-refractivity contribution is 5.41. The van der Waals surface area contributed by atoms with Gasteiger partial charge in [-0.05, 0) is 24.6 Å². The molecule has 0 aliphatic rings. The molecule has 0 radical (unpaired) electrons. The second kappa shape index (κ2) is 3.58. The van der Waals surface area contributed by atoms with Crippen molar-refractivity contribution in [3.8, 4) is 5.75 Å². The van der Waals surface area contributed by atoms with Gasteiger partial charge in [0.05, 0.1) is 6.61 Å². The molecule has 0 aliphatic carbocycles. The Morgan fingerprint density at radius 1 is 1.36 bits per heavy atom. The van der Waals surface area contributed by atoms with Crippen LogP contribution in [0, 0.1) is 12.7 Å². The van der Waals surface area contributed by atoms with Gasteiger partial charge in [-0.3, -0.25) is 0 Å². The predicted octanol–water partition coefficient (Wildman–Crippen LogP) is 2.11. The van der Waals surface area contributed by atoms with Gasteiger partial charge >= 0.3 is 0 Å². The molecule has 0 saturated heterocycles. The Bertz CT molecular complexity index is 345. The van der Waals surface area contributed by atoms with Gasteiger partial charge in [-0.1, -0.05) is 13.8 Å². The summed E-state index contributed by atoms with van der Waals surface area (Å²) in [5.41, 5.74) is 0.210. The molecule has 0 amide bonds. The molecule has 3 heteroatoms. The van der Waals surface area contributed by atoms with Gasteiger partial charge in [0.2, 0.25) is 0 Å². The van der Waals surface area contributed by atoms with Crippen molar-refractivity contribution >= 4 is 0 Å². The molecule has 0 aromatic heterocycles.